The second-order valence-electron chi connectivity index (χ2n) is 4.37. The number of nitrogens with zero attached hydrogens (tertiary/aromatic N) is 1. The Morgan fingerprint density at radius 1 is 1.22 bits per heavy atom. The Hall–Kier alpha value is -1.54. The van der Waals surface area contributed by atoms with Crippen LogP contribution < -0.4 is 5.32 Å². The van der Waals surface area contributed by atoms with Crippen molar-refractivity contribution in [1.29, 1.82) is 0 Å². The van der Waals surface area contributed by atoms with E-state index in [1.165, 1.54) is 5.56 Å². The van der Waals surface area contributed by atoms with Crippen LogP contribution in [0, 0.1) is 6.92 Å². The summed E-state index contributed by atoms with van der Waals surface area (Å²) in [6, 6.07) is 12.5. The van der Waals surface area contributed by atoms with Crippen LogP contribution in [0.2, 0.25) is 5.15 Å². The van der Waals surface area contributed by atoms with Crippen molar-refractivity contribution in [3.63, 3.8) is 0 Å². The molecule has 0 radical (unpaired) electrons. The van der Waals surface area contributed by atoms with E-state index in [0.29, 0.717) is 5.15 Å². The minimum absolute atomic E-state index is 0.542. The summed E-state index contributed by atoms with van der Waals surface area (Å²) in [5.41, 5.74) is 3.41. The lowest BCUT2D eigenvalue weighted by atomic mass is 10.1. The van der Waals surface area contributed by atoms with Gasteiger partial charge in [-0.1, -0.05) is 41.9 Å². The Morgan fingerprint density at radius 3 is 2.78 bits per heavy atom. The van der Waals surface area contributed by atoms with E-state index in [4.69, 9.17) is 11.6 Å². The molecule has 0 saturated carbocycles. The van der Waals surface area contributed by atoms with Crippen LogP contribution in [0.15, 0.2) is 42.6 Å². The maximum Gasteiger partial charge on any atom is 0.152 e. The molecule has 1 heterocycles. The highest BCUT2D eigenvalue weighted by Crippen LogP contribution is 2.19. The van der Waals surface area contributed by atoms with Gasteiger partial charge in [0.1, 0.15) is 0 Å². The first kappa shape index (κ1) is 12.9. The van der Waals surface area contributed by atoms with Gasteiger partial charge < -0.3 is 5.32 Å². The van der Waals surface area contributed by atoms with Gasteiger partial charge in [-0.2, -0.15) is 0 Å². The van der Waals surface area contributed by atoms with E-state index in [-0.39, 0.29) is 0 Å². The van der Waals surface area contributed by atoms with E-state index < -0.39 is 0 Å². The lowest BCUT2D eigenvalue weighted by Gasteiger charge is -2.08. The molecule has 0 aliphatic rings. The van der Waals surface area contributed by atoms with Crippen molar-refractivity contribution in [2.45, 2.75) is 19.8 Å². The molecule has 0 spiro atoms. The predicted octanol–water partition coefficient (Wildman–Crippen LogP) is 4.09. The molecular formula is C15H17ClN2. The number of aryl methyl sites for hydroxylation is 2. The van der Waals surface area contributed by atoms with E-state index >= 15 is 0 Å². The summed E-state index contributed by atoms with van der Waals surface area (Å²) < 4.78 is 0. The summed E-state index contributed by atoms with van der Waals surface area (Å²) in [4.78, 5) is 4.12. The minimum atomic E-state index is 0.542. The van der Waals surface area contributed by atoms with Crippen LogP contribution in [0.4, 0.5) is 5.69 Å². The molecular weight excluding hydrogens is 244 g/mol. The molecule has 0 fully saturated rings. The zero-order valence-electron chi connectivity index (χ0n) is 10.5. The van der Waals surface area contributed by atoms with Gasteiger partial charge in [0.2, 0.25) is 0 Å². The molecule has 2 aromatic rings. The molecule has 2 nitrogen and oxygen atoms in total. The van der Waals surface area contributed by atoms with Crippen LogP contribution in [-0.4, -0.2) is 11.5 Å². The third kappa shape index (κ3) is 3.74. The fraction of sp³-hybridized carbons (Fsp3) is 0.267. The molecule has 1 N–H and O–H groups in total. The molecule has 2 rings (SSSR count). The van der Waals surface area contributed by atoms with Gasteiger partial charge in [0.15, 0.2) is 5.15 Å². The van der Waals surface area contributed by atoms with Gasteiger partial charge in [0.25, 0.3) is 0 Å². The Balaban J connectivity index is 1.80. The minimum Gasteiger partial charge on any atom is -0.383 e. The van der Waals surface area contributed by atoms with Crippen molar-refractivity contribution in [2.24, 2.45) is 0 Å². The number of halogens is 1. The summed E-state index contributed by atoms with van der Waals surface area (Å²) in [5.74, 6) is 0. The van der Waals surface area contributed by atoms with Crippen LogP contribution in [-0.2, 0) is 6.42 Å². The maximum atomic E-state index is 6.02. The van der Waals surface area contributed by atoms with Gasteiger partial charge in [-0.25, -0.2) is 4.98 Å². The second kappa shape index (κ2) is 6.41. The van der Waals surface area contributed by atoms with E-state index in [1.54, 1.807) is 6.20 Å². The first-order chi connectivity index (χ1) is 8.75. The molecule has 1 aromatic carbocycles. The maximum absolute atomic E-state index is 6.02. The lowest BCUT2D eigenvalue weighted by Crippen LogP contribution is -2.04. The predicted molar refractivity (Wildman–Crippen MR) is 77.2 cm³/mol. The molecule has 0 unspecified atom stereocenters. The Morgan fingerprint density at radius 2 is 2.00 bits per heavy atom. The molecule has 94 valence electrons. The molecule has 0 aliphatic carbocycles. The standard InChI is InChI=1S/C15H17ClN2/c1-12-10-14(15(16)18-11-12)17-9-5-8-13-6-3-2-4-7-13/h2-4,6-7,10-11,17H,5,8-9H2,1H3. The van der Waals surface area contributed by atoms with Gasteiger partial charge in [-0.05, 0) is 37.0 Å². The van der Waals surface area contributed by atoms with Crippen molar-refractivity contribution in [1.82, 2.24) is 4.98 Å². The Kier molecular flexibility index (Phi) is 4.59. The smallest absolute Gasteiger partial charge is 0.152 e. The van der Waals surface area contributed by atoms with E-state index in [0.717, 1.165) is 30.6 Å². The van der Waals surface area contributed by atoms with Crippen molar-refractivity contribution >= 4 is 17.3 Å². The third-order valence-corrected chi connectivity index (χ3v) is 3.08. The van der Waals surface area contributed by atoms with Crippen LogP contribution in [0.25, 0.3) is 0 Å². The van der Waals surface area contributed by atoms with Crippen LogP contribution in [0.5, 0.6) is 0 Å². The average Bonchev–Trinajstić information content (AvgIpc) is 2.40. The fourth-order valence-electron chi connectivity index (χ4n) is 1.84. The van der Waals surface area contributed by atoms with Crippen molar-refractivity contribution < 1.29 is 0 Å². The number of anilines is 1. The highest BCUT2D eigenvalue weighted by atomic mass is 35.5. The van der Waals surface area contributed by atoms with Crippen LogP contribution in [0.3, 0.4) is 0 Å². The summed E-state index contributed by atoms with van der Waals surface area (Å²) in [7, 11) is 0. The SMILES string of the molecule is Cc1cnc(Cl)c(NCCCc2ccccc2)c1. The zero-order chi connectivity index (χ0) is 12.8. The van der Waals surface area contributed by atoms with Crippen molar-refractivity contribution in [2.75, 3.05) is 11.9 Å². The Bertz CT molecular complexity index is 497. The first-order valence-corrected chi connectivity index (χ1v) is 6.53. The van der Waals surface area contributed by atoms with Gasteiger partial charge >= 0.3 is 0 Å². The zero-order valence-corrected chi connectivity index (χ0v) is 11.2. The largest absolute Gasteiger partial charge is 0.383 e. The molecule has 0 aliphatic heterocycles. The van der Waals surface area contributed by atoms with Crippen molar-refractivity contribution in [3.8, 4) is 0 Å². The van der Waals surface area contributed by atoms with Crippen molar-refractivity contribution in [3.05, 3.63) is 58.9 Å². The lowest BCUT2D eigenvalue weighted by molar-refractivity contribution is 0.862. The highest BCUT2D eigenvalue weighted by Gasteiger charge is 2.00. The normalized spacial score (nSPS) is 10.3. The Labute approximate surface area is 113 Å². The summed E-state index contributed by atoms with van der Waals surface area (Å²) in [5, 5.41) is 3.87. The number of hydrogen-bond donors (Lipinski definition) is 1. The molecule has 0 bridgehead atoms. The number of pyridine rings is 1. The number of benzene rings is 1. The molecule has 0 atom stereocenters. The number of hydrogen-bond acceptors (Lipinski definition) is 2. The first-order valence-electron chi connectivity index (χ1n) is 6.15. The molecule has 0 amide bonds. The quantitative estimate of drug-likeness (QED) is 0.647. The van der Waals surface area contributed by atoms with Gasteiger partial charge in [-0.15, -0.1) is 0 Å². The second-order valence-corrected chi connectivity index (χ2v) is 4.72. The van der Waals surface area contributed by atoms with E-state index in [1.807, 2.05) is 19.1 Å². The molecule has 18 heavy (non-hydrogen) atoms. The van der Waals surface area contributed by atoms with Gasteiger partial charge in [0.05, 0.1) is 5.69 Å². The third-order valence-electron chi connectivity index (χ3n) is 2.78. The molecule has 3 heteroatoms. The van der Waals surface area contributed by atoms with E-state index in [2.05, 4.69) is 34.6 Å². The number of nitrogens with one attached hydrogen (secondary N) is 1. The highest BCUT2D eigenvalue weighted by molar-refractivity contribution is 6.31. The summed E-state index contributed by atoms with van der Waals surface area (Å²) in [6.45, 7) is 2.91. The monoisotopic (exact) mass is 260 g/mol. The average molecular weight is 261 g/mol. The van der Waals surface area contributed by atoms with Gasteiger partial charge in [0, 0.05) is 12.7 Å². The molecule has 1 aromatic heterocycles. The summed E-state index contributed by atoms with van der Waals surface area (Å²) >= 11 is 6.02. The fourth-order valence-corrected chi connectivity index (χ4v) is 2.01. The number of aromatic nitrogens is 1. The van der Waals surface area contributed by atoms with Crippen LogP contribution in [0.1, 0.15) is 17.5 Å². The summed E-state index contributed by atoms with van der Waals surface area (Å²) in [6.07, 6.45) is 3.93. The van der Waals surface area contributed by atoms with Crippen LogP contribution >= 0.6 is 11.6 Å². The number of rotatable bonds is 5. The van der Waals surface area contributed by atoms with E-state index in [9.17, 15) is 0 Å². The van der Waals surface area contributed by atoms with Gasteiger partial charge in [-0.3, -0.25) is 0 Å². The molecule has 0 saturated heterocycles. The topological polar surface area (TPSA) is 24.9 Å².